The molecule has 96 valence electrons. The molecular formula is C13H15NO4. The molecule has 2 rings (SSSR count). The molecule has 0 unspecified atom stereocenters. The van der Waals surface area contributed by atoms with Gasteiger partial charge in [-0.05, 0) is 37.1 Å². The summed E-state index contributed by atoms with van der Waals surface area (Å²) in [5.74, 6) is -0.489. The standard InChI is InChI=1S/C13H15NO4/c15-12(14-7-1-2-8-14)9-18-11-5-3-10(4-6-11)13(16)17/h3-6H,1-2,7-9H2,(H,16,17). The maximum absolute atomic E-state index is 11.7. The number of carbonyl (C=O) groups excluding carboxylic acids is 1. The van der Waals surface area contributed by atoms with Crippen LogP contribution in [0.3, 0.4) is 0 Å². The van der Waals surface area contributed by atoms with Crippen LogP contribution in [0, 0.1) is 0 Å². The van der Waals surface area contributed by atoms with Gasteiger partial charge in [-0.25, -0.2) is 4.79 Å². The van der Waals surface area contributed by atoms with Crippen LogP contribution in [0.5, 0.6) is 5.75 Å². The van der Waals surface area contributed by atoms with Gasteiger partial charge >= 0.3 is 5.97 Å². The number of likely N-dealkylation sites (tertiary alicyclic amines) is 1. The fraction of sp³-hybridized carbons (Fsp3) is 0.385. The quantitative estimate of drug-likeness (QED) is 0.875. The van der Waals surface area contributed by atoms with Crippen molar-refractivity contribution >= 4 is 11.9 Å². The second kappa shape index (κ2) is 5.53. The van der Waals surface area contributed by atoms with Crippen molar-refractivity contribution in [2.45, 2.75) is 12.8 Å². The van der Waals surface area contributed by atoms with Gasteiger partial charge in [-0.2, -0.15) is 0 Å². The van der Waals surface area contributed by atoms with Crippen molar-refractivity contribution < 1.29 is 19.4 Å². The highest BCUT2D eigenvalue weighted by Crippen LogP contribution is 2.13. The topological polar surface area (TPSA) is 66.8 Å². The van der Waals surface area contributed by atoms with Gasteiger partial charge < -0.3 is 14.7 Å². The highest BCUT2D eigenvalue weighted by atomic mass is 16.5. The van der Waals surface area contributed by atoms with E-state index in [4.69, 9.17) is 9.84 Å². The van der Waals surface area contributed by atoms with Crippen LogP contribution in [0.2, 0.25) is 0 Å². The van der Waals surface area contributed by atoms with Gasteiger partial charge in [0.15, 0.2) is 6.61 Å². The summed E-state index contributed by atoms with van der Waals surface area (Å²) in [5.41, 5.74) is 0.202. The number of nitrogens with zero attached hydrogens (tertiary/aromatic N) is 1. The number of rotatable bonds is 4. The average Bonchev–Trinajstić information content (AvgIpc) is 2.90. The average molecular weight is 249 g/mol. The molecule has 0 radical (unpaired) electrons. The number of hydrogen-bond donors (Lipinski definition) is 1. The molecule has 0 saturated carbocycles. The van der Waals surface area contributed by atoms with E-state index in [2.05, 4.69) is 0 Å². The summed E-state index contributed by atoms with van der Waals surface area (Å²) < 4.78 is 5.33. The van der Waals surface area contributed by atoms with Crippen LogP contribution >= 0.6 is 0 Å². The van der Waals surface area contributed by atoms with Crippen LogP contribution < -0.4 is 4.74 Å². The summed E-state index contributed by atoms with van der Waals surface area (Å²) in [4.78, 5) is 24.1. The lowest BCUT2D eigenvalue weighted by Crippen LogP contribution is -2.32. The van der Waals surface area contributed by atoms with Crippen molar-refractivity contribution in [3.8, 4) is 5.75 Å². The normalized spacial score (nSPS) is 14.6. The maximum atomic E-state index is 11.7. The molecule has 18 heavy (non-hydrogen) atoms. The predicted molar refractivity (Wildman–Crippen MR) is 64.7 cm³/mol. The van der Waals surface area contributed by atoms with Gasteiger partial charge in [0, 0.05) is 13.1 Å². The minimum Gasteiger partial charge on any atom is -0.484 e. The van der Waals surface area contributed by atoms with E-state index >= 15 is 0 Å². The van der Waals surface area contributed by atoms with Crippen LogP contribution in [0.25, 0.3) is 0 Å². The molecule has 1 heterocycles. The van der Waals surface area contributed by atoms with Crippen LogP contribution in [0.4, 0.5) is 0 Å². The third-order valence-corrected chi connectivity index (χ3v) is 2.92. The van der Waals surface area contributed by atoms with Gasteiger partial charge in [0.2, 0.25) is 0 Å². The van der Waals surface area contributed by atoms with Crippen LogP contribution in [0.1, 0.15) is 23.2 Å². The van der Waals surface area contributed by atoms with Crippen LogP contribution in [0.15, 0.2) is 24.3 Å². The Kier molecular flexibility index (Phi) is 3.82. The number of aromatic carboxylic acids is 1. The Morgan fingerprint density at radius 3 is 2.33 bits per heavy atom. The van der Waals surface area contributed by atoms with E-state index in [1.54, 1.807) is 17.0 Å². The Bertz CT molecular complexity index is 435. The number of hydrogen-bond acceptors (Lipinski definition) is 3. The fourth-order valence-electron chi connectivity index (χ4n) is 1.90. The molecule has 0 atom stereocenters. The first-order chi connectivity index (χ1) is 8.66. The van der Waals surface area contributed by atoms with Gasteiger partial charge in [0.05, 0.1) is 5.56 Å². The van der Waals surface area contributed by atoms with Crippen LogP contribution in [-0.2, 0) is 4.79 Å². The fourth-order valence-corrected chi connectivity index (χ4v) is 1.90. The summed E-state index contributed by atoms with van der Waals surface area (Å²) in [6, 6.07) is 6.03. The lowest BCUT2D eigenvalue weighted by molar-refractivity contribution is -0.132. The van der Waals surface area contributed by atoms with Gasteiger partial charge in [-0.1, -0.05) is 0 Å². The second-order valence-corrected chi connectivity index (χ2v) is 4.21. The first-order valence-electron chi connectivity index (χ1n) is 5.91. The Morgan fingerprint density at radius 2 is 1.78 bits per heavy atom. The van der Waals surface area contributed by atoms with E-state index in [-0.39, 0.29) is 18.1 Å². The molecule has 1 aromatic carbocycles. The molecule has 1 amide bonds. The Hall–Kier alpha value is -2.04. The third-order valence-electron chi connectivity index (χ3n) is 2.92. The molecule has 0 spiro atoms. The van der Waals surface area contributed by atoms with Crippen molar-refractivity contribution in [2.75, 3.05) is 19.7 Å². The highest BCUT2D eigenvalue weighted by Gasteiger charge is 2.18. The first-order valence-corrected chi connectivity index (χ1v) is 5.91. The molecule has 1 aliphatic rings. The molecular weight excluding hydrogens is 234 g/mol. The molecule has 1 aliphatic heterocycles. The number of carboxylic acids is 1. The Morgan fingerprint density at radius 1 is 1.17 bits per heavy atom. The summed E-state index contributed by atoms with van der Waals surface area (Å²) in [5, 5.41) is 8.74. The lowest BCUT2D eigenvalue weighted by atomic mass is 10.2. The summed E-state index contributed by atoms with van der Waals surface area (Å²) in [7, 11) is 0. The van der Waals surface area contributed by atoms with Gasteiger partial charge in [0.1, 0.15) is 5.75 Å². The zero-order chi connectivity index (χ0) is 13.0. The molecule has 0 aromatic heterocycles. The largest absolute Gasteiger partial charge is 0.484 e. The Balaban J connectivity index is 1.86. The first kappa shape index (κ1) is 12.4. The highest BCUT2D eigenvalue weighted by molar-refractivity contribution is 5.87. The summed E-state index contributed by atoms with van der Waals surface area (Å²) in [6.45, 7) is 1.62. The number of carbonyl (C=O) groups is 2. The summed E-state index contributed by atoms with van der Waals surface area (Å²) in [6.07, 6.45) is 2.11. The van der Waals surface area contributed by atoms with E-state index < -0.39 is 5.97 Å². The van der Waals surface area contributed by atoms with E-state index in [0.717, 1.165) is 25.9 Å². The Labute approximate surface area is 105 Å². The monoisotopic (exact) mass is 249 g/mol. The van der Waals surface area contributed by atoms with Crippen molar-refractivity contribution in [1.29, 1.82) is 0 Å². The smallest absolute Gasteiger partial charge is 0.335 e. The molecule has 0 bridgehead atoms. The number of amides is 1. The maximum Gasteiger partial charge on any atom is 0.335 e. The summed E-state index contributed by atoms with van der Waals surface area (Å²) >= 11 is 0. The molecule has 5 nitrogen and oxygen atoms in total. The van der Waals surface area contributed by atoms with Gasteiger partial charge in [-0.3, -0.25) is 4.79 Å². The van der Waals surface area contributed by atoms with Crippen molar-refractivity contribution in [2.24, 2.45) is 0 Å². The van der Waals surface area contributed by atoms with Gasteiger partial charge in [0.25, 0.3) is 5.91 Å². The number of carboxylic acid groups (broad SMARTS) is 1. The zero-order valence-electron chi connectivity index (χ0n) is 9.96. The molecule has 1 aromatic rings. The zero-order valence-corrected chi connectivity index (χ0v) is 9.96. The van der Waals surface area contributed by atoms with E-state index in [1.807, 2.05) is 0 Å². The predicted octanol–water partition coefficient (Wildman–Crippen LogP) is 1.39. The van der Waals surface area contributed by atoms with Gasteiger partial charge in [-0.15, -0.1) is 0 Å². The van der Waals surface area contributed by atoms with Crippen molar-refractivity contribution in [3.63, 3.8) is 0 Å². The van der Waals surface area contributed by atoms with Crippen LogP contribution in [-0.4, -0.2) is 41.6 Å². The number of benzene rings is 1. The molecule has 0 aliphatic carbocycles. The van der Waals surface area contributed by atoms with E-state index in [9.17, 15) is 9.59 Å². The van der Waals surface area contributed by atoms with Crippen molar-refractivity contribution in [3.05, 3.63) is 29.8 Å². The molecule has 1 fully saturated rings. The number of ether oxygens (including phenoxy) is 1. The third kappa shape index (κ3) is 3.00. The second-order valence-electron chi connectivity index (χ2n) is 4.21. The van der Waals surface area contributed by atoms with E-state index in [1.165, 1.54) is 12.1 Å². The molecule has 1 N–H and O–H groups in total. The lowest BCUT2D eigenvalue weighted by Gasteiger charge is -2.15. The minimum atomic E-state index is -0.977. The van der Waals surface area contributed by atoms with E-state index in [0.29, 0.717) is 5.75 Å². The molecule has 1 saturated heterocycles. The minimum absolute atomic E-state index is 0.00637. The molecule has 5 heteroatoms. The SMILES string of the molecule is O=C(O)c1ccc(OCC(=O)N2CCCC2)cc1. The van der Waals surface area contributed by atoms with Crippen molar-refractivity contribution in [1.82, 2.24) is 4.90 Å².